The highest BCUT2D eigenvalue weighted by atomic mass is 14.2. The van der Waals surface area contributed by atoms with E-state index in [1.54, 1.807) is 0 Å². The van der Waals surface area contributed by atoms with Gasteiger partial charge in [0.2, 0.25) is 0 Å². The van der Waals surface area contributed by atoms with Crippen LogP contribution >= 0.6 is 0 Å². The van der Waals surface area contributed by atoms with E-state index in [-0.39, 0.29) is 0 Å². The Morgan fingerprint density at radius 1 is 0.947 bits per heavy atom. The first-order valence-electron chi connectivity index (χ1n) is 8.30. The summed E-state index contributed by atoms with van der Waals surface area (Å²) < 4.78 is 0. The monoisotopic (exact) mass is 259 g/mol. The van der Waals surface area contributed by atoms with Crippen LogP contribution in [0.3, 0.4) is 0 Å². The molecule has 2 atom stereocenters. The Hall–Kier alpha value is -0.780. The van der Waals surface area contributed by atoms with Crippen molar-refractivity contribution in [1.29, 1.82) is 0 Å². The van der Waals surface area contributed by atoms with Crippen LogP contribution < -0.4 is 0 Å². The first-order valence-corrected chi connectivity index (χ1v) is 8.30. The molecule has 0 N–H and O–H groups in total. The molecular formula is C19H31. The molecule has 2 unspecified atom stereocenters. The minimum Gasteiger partial charge on any atom is -0.0654 e. The molecule has 0 aliphatic rings. The predicted molar refractivity (Wildman–Crippen MR) is 85.5 cm³/mol. The van der Waals surface area contributed by atoms with Crippen LogP contribution in [-0.4, -0.2) is 0 Å². The second-order valence-corrected chi connectivity index (χ2v) is 5.73. The minimum absolute atomic E-state index is 0.725. The van der Waals surface area contributed by atoms with Crippen molar-refractivity contribution in [3.63, 3.8) is 0 Å². The fourth-order valence-corrected chi connectivity index (χ4v) is 3.13. The van der Waals surface area contributed by atoms with Gasteiger partial charge in [-0.25, -0.2) is 0 Å². The summed E-state index contributed by atoms with van der Waals surface area (Å²) in [6, 6.07) is 12.1. The van der Waals surface area contributed by atoms with Gasteiger partial charge in [-0.1, -0.05) is 90.0 Å². The number of rotatable bonds is 10. The molecule has 0 saturated carbocycles. The molecule has 107 valence electrons. The Labute approximate surface area is 120 Å². The summed E-state index contributed by atoms with van der Waals surface area (Å²) in [5.41, 5.74) is 1.44. The summed E-state index contributed by atoms with van der Waals surface area (Å²) in [6.45, 7) is 6.95. The summed E-state index contributed by atoms with van der Waals surface area (Å²) in [5.74, 6) is 1.56. The van der Waals surface area contributed by atoms with Gasteiger partial charge in [0, 0.05) is 0 Å². The number of hydrogen-bond donors (Lipinski definition) is 0. The molecule has 0 aliphatic carbocycles. The SMILES string of the molecule is CCCCCCC(c1[c]cccc1)C(CC)CCC. The average Bonchev–Trinajstić information content (AvgIpc) is 2.46. The molecule has 0 spiro atoms. The molecule has 19 heavy (non-hydrogen) atoms. The van der Waals surface area contributed by atoms with Crippen LogP contribution in [0.4, 0.5) is 0 Å². The normalized spacial score (nSPS) is 14.3. The smallest absolute Gasteiger partial charge is 0.0128 e. The van der Waals surface area contributed by atoms with Crippen LogP contribution in [0.1, 0.15) is 83.6 Å². The highest BCUT2D eigenvalue weighted by Gasteiger charge is 2.20. The summed E-state index contributed by atoms with van der Waals surface area (Å²) in [6.07, 6.45) is 10.8. The first kappa shape index (κ1) is 16.3. The van der Waals surface area contributed by atoms with Gasteiger partial charge in [0.1, 0.15) is 0 Å². The molecule has 0 aliphatic heterocycles. The van der Waals surface area contributed by atoms with Crippen molar-refractivity contribution in [2.24, 2.45) is 5.92 Å². The maximum absolute atomic E-state index is 3.48. The van der Waals surface area contributed by atoms with Crippen molar-refractivity contribution in [1.82, 2.24) is 0 Å². The quantitative estimate of drug-likeness (QED) is 0.428. The average molecular weight is 259 g/mol. The van der Waals surface area contributed by atoms with Crippen LogP contribution in [0.25, 0.3) is 0 Å². The second-order valence-electron chi connectivity index (χ2n) is 5.73. The Morgan fingerprint density at radius 2 is 1.79 bits per heavy atom. The molecule has 0 aromatic heterocycles. The van der Waals surface area contributed by atoms with Crippen molar-refractivity contribution in [2.75, 3.05) is 0 Å². The topological polar surface area (TPSA) is 0 Å². The molecule has 0 amide bonds. The third kappa shape index (κ3) is 5.80. The van der Waals surface area contributed by atoms with Gasteiger partial charge in [0.15, 0.2) is 0 Å². The van der Waals surface area contributed by atoms with Crippen molar-refractivity contribution >= 4 is 0 Å². The van der Waals surface area contributed by atoms with Gasteiger partial charge >= 0.3 is 0 Å². The minimum atomic E-state index is 0.725. The third-order valence-corrected chi connectivity index (χ3v) is 4.25. The fraction of sp³-hybridized carbons (Fsp3) is 0.684. The van der Waals surface area contributed by atoms with Gasteiger partial charge in [-0.15, -0.1) is 0 Å². The Balaban J connectivity index is 2.66. The van der Waals surface area contributed by atoms with Crippen LogP contribution in [0.15, 0.2) is 24.3 Å². The van der Waals surface area contributed by atoms with E-state index < -0.39 is 0 Å². The summed E-state index contributed by atoms with van der Waals surface area (Å²) in [4.78, 5) is 0. The number of benzene rings is 1. The molecule has 1 aromatic rings. The van der Waals surface area contributed by atoms with Crippen LogP contribution in [0, 0.1) is 12.0 Å². The number of hydrogen-bond acceptors (Lipinski definition) is 0. The molecule has 0 heterocycles. The van der Waals surface area contributed by atoms with Gasteiger partial charge in [-0.3, -0.25) is 0 Å². The zero-order valence-corrected chi connectivity index (χ0v) is 13.1. The van der Waals surface area contributed by atoms with E-state index >= 15 is 0 Å². The highest BCUT2D eigenvalue weighted by molar-refractivity contribution is 5.18. The largest absolute Gasteiger partial charge is 0.0654 e. The maximum atomic E-state index is 3.48. The van der Waals surface area contributed by atoms with E-state index in [0.29, 0.717) is 0 Å². The Kier molecular flexibility index (Phi) is 8.62. The van der Waals surface area contributed by atoms with Crippen molar-refractivity contribution in [3.8, 4) is 0 Å². The van der Waals surface area contributed by atoms with Crippen molar-refractivity contribution < 1.29 is 0 Å². The fourth-order valence-electron chi connectivity index (χ4n) is 3.13. The molecule has 1 radical (unpaired) electrons. The molecule has 0 nitrogen and oxygen atoms in total. The second kappa shape index (κ2) is 10.1. The lowest BCUT2D eigenvalue weighted by atomic mass is 9.78. The molecule has 0 heteroatoms. The Morgan fingerprint density at radius 3 is 2.37 bits per heavy atom. The van der Waals surface area contributed by atoms with E-state index in [9.17, 15) is 0 Å². The molecule has 1 rings (SSSR count). The van der Waals surface area contributed by atoms with Gasteiger partial charge in [-0.05, 0) is 29.9 Å². The number of unbranched alkanes of at least 4 members (excludes halogenated alkanes) is 3. The molecule has 0 bridgehead atoms. The van der Waals surface area contributed by atoms with Gasteiger partial charge in [0.25, 0.3) is 0 Å². The predicted octanol–water partition coefficient (Wildman–Crippen LogP) is 6.37. The zero-order chi connectivity index (χ0) is 13.9. The molecule has 0 saturated heterocycles. The van der Waals surface area contributed by atoms with Crippen molar-refractivity contribution in [2.45, 2.75) is 78.1 Å². The van der Waals surface area contributed by atoms with E-state index in [4.69, 9.17) is 0 Å². The molecule has 0 fully saturated rings. The lowest BCUT2D eigenvalue weighted by molar-refractivity contribution is 0.352. The molecule has 1 aromatic carbocycles. The van der Waals surface area contributed by atoms with E-state index in [1.807, 2.05) is 0 Å². The highest BCUT2D eigenvalue weighted by Crippen LogP contribution is 2.34. The van der Waals surface area contributed by atoms with Crippen LogP contribution in [0.2, 0.25) is 0 Å². The third-order valence-electron chi connectivity index (χ3n) is 4.25. The van der Waals surface area contributed by atoms with Gasteiger partial charge in [-0.2, -0.15) is 0 Å². The van der Waals surface area contributed by atoms with E-state index in [0.717, 1.165) is 11.8 Å². The Bertz CT molecular complexity index is 301. The van der Waals surface area contributed by atoms with E-state index in [2.05, 4.69) is 51.1 Å². The summed E-state index contributed by atoms with van der Waals surface area (Å²) in [7, 11) is 0. The van der Waals surface area contributed by atoms with Crippen LogP contribution in [0.5, 0.6) is 0 Å². The van der Waals surface area contributed by atoms with E-state index in [1.165, 1.54) is 56.9 Å². The summed E-state index contributed by atoms with van der Waals surface area (Å²) in [5, 5.41) is 0. The summed E-state index contributed by atoms with van der Waals surface area (Å²) >= 11 is 0. The van der Waals surface area contributed by atoms with Crippen LogP contribution in [-0.2, 0) is 0 Å². The molecular weight excluding hydrogens is 228 g/mol. The standard InChI is InChI=1S/C19H31/c1-4-7-8-12-16-19(17(6-3)13-5-2)18-14-10-9-11-15-18/h9-11,14,17,19H,4-8,12-13,16H2,1-3H3. The van der Waals surface area contributed by atoms with Gasteiger partial charge in [0.05, 0.1) is 0 Å². The first-order chi connectivity index (χ1) is 9.33. The lowest BCUT2D eigenvalue weighted by Crippen LogP contribution is -2.13. The lowest BCUT2D eigenvalue weighted by Gasteiger charge is -2.26. The zero-order valence-electron chi connectivity index (χ0n) is 13.1. The maximum Gasteiger partial charge on any atom is -0.0128 e. The van der Waals surface area contributed by atoms with Crippen molar-refractivity contribution in [3.05, 3.63) is 35.9 Å². The van der Waals surface area contributed by atoms with Gasteiger partial charge < -0.3 is 0 Å².